The van der Waals surface area contributed by atoms with Crippen molar-refractivity contribution in [1.29, 1.82) is 0 Å². The molecule has 0 radical (unpaired) electrons. The third kappa shape index (κ3) is 14.1. The van der Waals surface area contributed by atoms with Gasteiger partial charge in [0.1, 0.15) is 30.0 Å². The highest BCUT2D eigenvalue weighted by molar-refractivity contribution is 7.46. The summed E-state index contributed by atoms with van der Waals surface area (Å²) in [5.74, 6) is 1.65. The number of phosphoric ester groups is 1. The van der Waals surface area contributed by atoms with Gasteiger partial charge in [-0.15, -0.1) is 0 Å². The largest absolute Gasteiger partial charge is 0.746 e. The van der Waals surface area contributed by atoms with E-state index in [1.165, 1.54) is 57.8 Å². The average Bonchev–Trinajstić information content (AvgIpc) is 3.52. The Morgan fingerprint density at radius 3 is 2.16 bits per heavy atom. The van der Waals surface area contributed by atoms with Gasteiger partial charge in [0.2, 0.25) is 5.51 Å². The molecule has 2 atom stereocenters. The van der Waals surface area contributed by atoms with E-state index in [4.69, 9.17) is 23.3 Å². The summed E-state index contributed by atoms with van der Waals surface area (Å²) < 4.78 is 42.7. The zero-order chi connectivity index (χ0) is 31.5. The molecule has 0 spiro atoms. The molecule has 3 rings (SSSR count). The number of ether oxygens (including phenoxy) is 3. The molecule has 10 heteroatoms. The Kier molecular flexibility index (Phi) is 16.9. The topological polar surface area (TPSA) is 90.2 Å². The maximum atomic E-state index is 12.5. The summed E-state index contributed by atoms with van der Waals surface area (Å²) in [4.78, 5) is 12.5. The lowest BCUT2D eigenvalue weighted by molar-refractivity contribution is -0.683. The molecular weight excluding hydrogens is 597 g/mol. The van der Waals surface area contributed by atoms with Gasteiger partial charge in [-0.3, -0.25) is 4.57 Å². The number of phosphoric acid groups is 1. The second kappa shape index (κ2) is 20.6. The first-order valence-electron chi connectivity index (χ1n) is 16.0. The minimum absolute atomic E-state index is 0.117. The molecule has 2 aromatic carbocycles. The summed E-state index contributed by atoms with van der Waals surface area (Å²) in [5.41, 5.74) is 3.93. The fourth-order valence-electron chi connectivity index (χ4n) is 4.79. The first-order valence-corrected chi connectivity index (χ1v) is 18.4. The van der Waals surface area contributed by atoms with Crippen molar-refractivity contribution in [2.75, 3.05) is 26.4 Å². The highest BCUT2D eigenvalue weighted by Gasteiger charge is 2.18. The highest BCUT2D eigenvalue weighted by Crippen LogP contribution is 2.39. The van der Waals surface area contributed by atoms with Gasteiger partial charge < -0.3 is 28.2 Å². The summed E-state index contributed by atoms with van der Waals surface area (Å²) in [6.07, 6.45) is 14.2. The van der Waals surface area contributed by atoms with E-state index in [0.717, 1.165) is 23.3 Å². The Balaban J connectivity index is 1.38. The molecule has 0 fully saturated rings. The molecule has 0 bridgehead atoms. The van der Waals surface area contributed by atoms with Gasteiger partial charge in [-0.2, -0.15) is 4.57 Å². The number of unbranched alkanes of at least 4 members (excludes halogenated alkanes) is 9. The Labute approximate surface area is 267 Å². The Hall–Kier alpha value is -2.42. The molecule has 244 valence electrons. The van der Waals surface area contributed by atoms with Crippen LogP contribution in [-0.2, 0) is 20.4 Å². The van der Waals surface area contributed by atoms with Gasteiger partial charge in [0.25, 0.3) is 0 Å². The molecular formula is C34H50NO7PS. The summed E-state index contributed by atoms with van der Waals surface area (Å²) in [5, 5.41) is 2.00. The molecule has 1 aromatic heterocycles. The second-order valence-electron chi connectivity index (χ2n) is 11.0. The lowest BCUT2D eigenvalue weighted by Crippen LogP contribution is -2.30. The monoisotopic (exact) mass is 647 g/mol. The molecule has 44 heavy (non-hydrogen) atoms. The third-order valence-electron chi connectivity index (χ3n) is 7.27. The summed E-state index contributed by atoms with van der Waals surface area (Å²) >= 11 is 1.61. The Morgan fingerprint density at radius 2 is 1.52 bits per heavy atom. The SMILES string of the molecule is CCCCCCCCCCCCOc1cccc(OCC(COP(=O)([O-])Oc2ccc(C[n+]3ccsc3)cc2)OCC)c1C. The summed E-state index contributed by atoms with van der Waals surface area (Å²) in [7, 11) is -4.62. The van der Waals surface area contributed by atoms with Crippen molar-refractivity contribution in [2.45, 2.75) is 97.6 Å². The molecule has 0 amide bonds. The van der Waals surface area contributed by atoms with Crippen LogP contribution in [0.15, 0.2) is 59.6 Å². The van der Waals surface area contributed by atoms with Crippen molar-refractivity contribution in [2.24, 2.45) is 0 Å². The number of aromatic nitrogens is 1. The van der Waals surface area contributed by atoms with E-state index in [-0.39, 0.29) is 19.0 Å². The van der Waals surface area contributed by atoms with Gasteiger partial charge >= 0.3 is 7.82 Å². The van der Waals surface area contributed by atoms with Crippen LogP contribution < -0.4 is 23.5 Å². The number of nitrogens with zero attached hydrogens (tertiary/aromatic N) is 1. The van der Waals surface area contributed by atoms with Gasteiger partial charge in [0.15, 0.2) is 12.7 Å². The maximum absolute atomic E-state index is 12.5. The van der Waals surface area contributed by atoms with E-state index in [1.54, 1.807) is 23.5 Å². The normalized spacial score (nSPS) is 13.4. The number of rotatable bonds is 24. The fraction of sp³-hybridized carbons (Fsp3) is 0.559. The average molecular weight is 648 g/mol. The summed E-state index contributed by atoms with van der Waals surface area (Å²) in [6, 6.07) is 12.6. The predicted molar refractivity (Wildman–Crippen MR) is 174 cm³/mol. The molecule has 0 N–H and O–H groups in total. The van der Waals surface area contributed by atoms with Crippen LogP contribution in [0.3, 0.4) is 0 Å². The smallest absolute Gasteiger partial charge is 0.319 e. The first kappa shape index (κ1) is 36.1. The van der Waals surface area contributed by atoms with Gasteiger partial charge in [-0.05, 0) is 56.7 Å². The number of thiazole rings is 1. The van der Waals surface area contributed by atoms with Gasteiger partial charge in [0.05, 0.1) is 18.6 Å². The molecule has 0 aliphatic carbocycles. The van der Waals surface area contributed by atoms with Crippen LogP contribution in [0.1, 0.15) is 89.2 Å². The van der Waals surface area contributed by atoms with Gasteiger partial charge in [-0.1, -0.05) is 82.1 Å². The minimum Gasteiger partial charge on any atom is -0.746 e. The van der Waals surface area contributed by atoms with Crippen LogP contribution in [0.4, 0.5) is 0 Å². The number of benzene rings is 2. The van der Waals surface area contributed by atoms with Gasteiger partial charge in [0, 0.05) is 17.7 Å². The standard InChI is InChI=1S/C34H50NO7PS/c1-4-6-7-8-9-10-11-12-13-14-23-39-33-16-15-17-34(29(33)3)40-26-32(38-5-2)27-41-43(36,37)42-31-20-18-30(19-21-31)25-35-22-24-44-28-35/h15-22,24,28,32H,4-14,23,25-27H2,1-3H3. The molecule has 8 nitrogen and oxygen atoms in total. The lowest BCUT2D eigenvalue weighted by atomic mass is 10.1. The zero-order valence-corrected chi connectivity index (χ0v) is 28.3. The quantitative estimate of drug-likeness (QED) is 0.0552. The minimum atomic E-state index is -4.62. The lowest BCUT2D eigenvalue weighted by Gasteiger charge is -2.26. The third-order valence-corrected chi connectivity index (χ3v) is 8.84. The number of hydrogen-bond acceptors (Lipinski definition) is 8. The van der Waals surface area contributed by atoms with Crippen LogP contribution in [0.2, 0.25) is 0 Å². The van der Waals surface area contributed by atoms with Gasteiger partial charge in [-0.25, -0.2) is 0 Å². The zero-order valence-electron chi connectivity index (χ0n) is 26.6. The van der Waals surface area contributed by atoms with E-state index in [0.29, 0.717) is 25.5 Å². The van der Waals surface area contributed by atoms with Crippen LogP contribution in [0, 0.1) is 6.92 Å². The predicted octanol–water partition coefficient (Wildman–Crippen LogP) is 8.04. The summed E-state index contributed by atoms with van der Waals surface area (Å²) in [6.45, 7) is 7.69. The van der Waals surface area contributed by atoms with Crippen LogP contribution in [0.25, 0.3) is 0 Å². The Morgan fingerprint density at radius 1 is 0.864 bits per heavy atom. The van der Waals surface area contributed by atoms with E-state index < -0.39 is 13.9 Å². The van der Waals surface area contributed by atoms with Crippen molar-refractivity contribution < 1.29 is 37.3 Å². The van der Waals surface area contributed by atoms with Crippen LogP contribution in [-0.4, -0.2) is 32.5 Å². The van der Waals surface area contributed by atoms with E-state index >= 15 is 0 Å². The molecule has 0 saturated carbocycles. The second-order valence-corrected chi connectivity index (χ2v) is 13.1. The van der Waals surface area contributed by atoms with Crippen LogP contribution >= 0.6 is 19.2 Å². The van der Waals surface area contributed by atoms with Crippen molar-refractivity contribution in [3.05, 3.63) is 70.7 Å². The maximum Gasteiger partial charge on any atom is 0.319 e. The molecule has 0 aliphatic rings. The molecule has 2 unspecified atom stereocenters. The van der Waals surface area contributed by atoms with Crippen molar-refractivity contribution in [3.8, 4) is 17.2 Å². The van der Waals surface area contributed by atoms with E-state index in [1.807, 2.05) is 65.8 Å². The van der Waals surface area contributed by atoms with Crippen molar-refractivity contribution in [1.82, 2.24) is 0 Å². The number of hydrogen-bond donors (Lipinski definition) is 0. The molecule has 1 heterocycles. The molecule has 0 aliphatic heterocycles. The van der Waals surface area contributed by atoms with Crippen molar-refractivity contribution in [3.63, 3.8) is 0 Å². The first-order chi connectivity index (χ1) is 21.4. The van der Waals surface area contributed by atoms with Crippen LogP contribution in [0.5, 0.6) is 17.2 Å². The van der Waals surface area contributed by atoms with E-state index in [9.17, 15) is 9.46 Å². The molecule has 0 saturated heterocycles. The Bertz CT molecular complexity index is 1220. The van der Waals surface area contributed by atoms with E-state index in [2.05, 4.69) is 6.92 Å². The highest BCUT2D eigenvalue weighted by atomic mass is 32.1. The fourth-order valence-corrected chi connectivity index (χ4v) is 6.17. The van der Waals surface area contributed by atoms with Crippen molar-refractivity contribution >= 4 is 19.2 Å². The molecule has 3 aromatic rings.